The van der Waals surface area contributed by atoms with Crippen LogP contribution in [-0.4, -0.2) is 42.2 Å². The fourth-order valence-corrected chi connectivity index (χ4v) is 7.10. The maximum absolute atomic E-state index is 11.9. The molecular weight excluding hydrogens is 578 g/mol. The van der Waals surface area contributed by atoms with Gasteiger partial charge in [-0.2, -0.15) is 0 Å². The highest BCUT2D eigenvalue weighted by atomic mass is 16.6. The summed E-state index contributed by atoms with van der Waals surface area (Å²) in [5.74, 6) is -0.637. The first kappa shape index (κ1) is 32.0. The van der Waals surface area contributed by atoms with Gasteiger partial charge in [0.25, 0.3) is 0 Å². The molecule has 1 N–H and O–H groups in total. The Balaban J connectivity index is 1.33. The first-order valence-corrected chi connectivity index (χ1v) is 16.0. The number of rotatable bonds is 14. The van der Waals surface area contributed by atoms with Crippen LogP contribution in [0.1, 0.15) is 28.7 Å². The third-order valence-corrected chi connectivity index (χ3v) is 9.23. The van der Waals surface area contributed by atoms with Crippen LogP contribution in [0, 0.1) is 17.8 Å². The molecule has 8 atom stereocenters. The number of aliphatic hydroxyl groups is 1. The standard InChI is InChI=1S/C38H41N3O5/c39-41-40-32-21-31(26-43-22-27-13-5-1-6-14-27)33-34(35(32)42)37(45-24-29-17-9-3-10-18-29)38(46-25-30-19-11-4-12-20-30)36(33)44-23-28-15-7-2-8-16-28/h1-20,31-38,42H,21-26H2/t31-,32+,33+,34-,35-,36+,37+,38+/m0/s1. The minimum Gasteiger partial charge on any atom is -0.392 e. The molecular formula is C38H41N3O5. The van der Waals surface area contributed by atoms with E-state index >= 15 is 0 Å². The Morgan fingerprint density at radius 2 is 1.00 bits per heavy atom. The van der Waals surface area contributed by atoms with E-state index < -0.39 is 36.4 Å². The van der Waals surface area contributed by atoms with Crippen molar-refractivity contribution in [1.29, 1.82) is 0 Å². The molecule has 8 nitrogen and oxygen atoms in total. The fraction of sp³-hybridized carbons (Fsp3) is 0.368. The zero-order valence-electron chi connectivity index (χ0n) is 25.8. The summed E-state index contributed by atoms with van der Waals surface area (Å²) in [4.78, 5) is 3.12. The van der Waals surface area contributed by atoms with Crippen molar-refractivity contribution in [1.82, 2.24) is 0 Å². The van der Waals surface area contributed by atoms with Gasteiger partial charge in [0, 0.05) is 16.7 Å². The topological polar surface area (TPSA) is 106 Å². The predicted octanol–water partition coefficient (Wildman–Crippen LogP) is 7.27. The zero-order chi connectivity index (χ0) is 31.6. The summed E-state index contributed by atoms with van der Waals surface area (Å²) in [6.07, 6.45) is -1.86. The van der Waals surface area contributed by atoms with E-state index in [2.05, 4.69) is 10.0 Å². The average Bonchev–Trinajstić information content (AvgIpc) is 3.42. The van der Waals surface area contributed by atoms with Gasteiger partial charge in [0.05, 0.1) is 57.4 Å². The second-order valence-electron chi connectivity index (χ2n) is 12.2. The number of fused-ring (bicyclic) bond motifs is 1. The Bertz CT molecular complexity index is 1520. The average molecular weight is 620 g/mol. The van der Waals surface area contributed by atoms with Gasteiger partial charge in [-0.25, -0.2) is 0 Å². The predicted molar refractivity (Wildman–Crippen MR) is 175 cm³/mol. The third-order valence-electron chi connectivity index (χ3n) is 9.23. The molecule has 2 saturated carbocycles. The van der Waals surface area contributed by atoms with Crippen molar-refractivity contribution in [2.45, 2.75) is 63.3 Å². The molecule has 0 heterocycles. The summed E-state index contributed by atoms with van der Waals surface area (Å²) >= 11 is 0. The molecule has 2 aliphatic carbocycles. The lowest BCUT2D eigenvalue weighted by atomic mass is 9.69. The molecule has 46 heavy (non-hydrogen) atoms. The monoisotopic (exact) mass is 619 g/mol. The maximum Gasteiger partial charge on any atom is 0.111 e. The molecule has 0 radical (unpaired) electrons. The van der Waals surface area contributed by atoms with Gasteiger partial charge in [-0.1, -0.05) is 126 Å². The van der Waals surface area contributed by atoms with Gasteiger partial charge in [0.15, 0.2) is 0 Å². The van der Waals surface area contributed by atoms with Crippen molar-refractivity contribution in [2.75, 3.05) is 6.61 Å². The van der Waals surface area contributed by atoms with Crippen LogP contribution in [0.4, 0.5) is 0 Å². The highest BCUT2D eigenvalue weighted by molar-refractivity contribution is 5.18. The molecule has 0 bridgehead atoms. The van der Waals surface area contributed by atoms with Crippen LogP contribution in [0.3, 0.4) is 0 Å². The molecule has 8 heteroatoms. The molecule has 238 valence electrons. The van der Waals surface area contributed by atoms with Crippen molar-refractivity contribution >= 4 is 0 Å². The summed E-state index contributed by atoms with van der Waals surface area (Å²) in [6.45, 7) is 1.98. The van der Waals surface area contributed by atoms with Crippen LogP contribution in [-0.2, 0) is 45.4 Å². The van der Waals surface area contributed by atoms with E-state index in [9.17, 15) is 10.6 Å². The molecule has 2 aliphatic rings. The number of azide groups is 1. The van der Waals surface area contributed by atoms with E-state index in [1.165, 1.54) is 0 Å². The Hall–Kier alpha value is -4.01. The molecule has 4 aromatic carbocycles. The van der Waals surface area contributed by atoms with Crippen LogP contribution in [0.5, 0.6) is 0 Å². The van der Waals surface area contributed by atoms with Crippen molar-refractivity contribution in [2.24, 2.45) is 22.9 Å². The summed E-state index contributed by atoms with van der Waals surface area (Å²) in [5, 5.41) is 15.9. The van der Waals surface area contributed by atoms with Crippen LogP contribution in [0.2, 0.25) is 0 Å². The van der Waals surface area contributed by atoms with E-state index in [1.54, 1.807) is 0 Å². The van der Waals surface area contributed by atoms with Gasteiger partial charge in [0.1, 0.15) is 6.10 Å². The SMILES string of the molecule is [N-]=[N+]=N[C@@H]1C[C@@H](COCc2ccccc2)[C@H]2[C@@H](OCc3ccccc3)[C@@H](OCc3ccccc3)[C@H](OCc3ccccc3)[C@@H]2[C@H]1O. The maximum atomic E-state index is 11.9. The normalized spacial score (nSPS) is 27.1. The largest absolute Gasteiger partial charge is 0.392 e. The highest BCUT2D eigenvalue weighted by Crippen LogP contribution is 2.51. The second kappa shape index (κ2) is 16.0. The number of hydrogen-bond donors (Lipinski definition) is 1. The minimum absolute atomic E-state index is 0.0680. The molecule has 0 amide bonds. The van der Waals surface area contributed by atoms with Crippen molar-refractivity contribution < 1.29 is 24.1 Å². The lowest BCUT2D eigenvalue weighted by molar-refractivity contribution is -0.133. The lowest BCUT2D eigenvalue weighted by Gasteiger charge is -2.43. The first-order valence-electron chi connectivity index (χ1n) is 16.0. The van der Waals surface area contributed by atoms with E-state index in [-0.39, 0.29) is 11.8 Å². The Morgan fingerprint density at radius 1 is 0.587 bits per heavy atom. The van der Waals surface area contributed by atoms with E-state index in [0.717, 1.165) is 22.3 Å². The number of ether oxygens (including phenoxy) is 4. The molecule has 0 spiro atoms. The molecule has 4 aromatic rings. The van der Waals surface area contributed by atoms with Crippen molar-refractivity contribution in [3.8, 4) is 0 Å². The summed E-state index contributed by atoms with van der Waals surface area (Å²) in [6, 6.07) is 39.6. The number of hydrogen-bond acceptors (Lipinski definition) is 6. The smallest absolute Gasteiger partial charge is 0.111 e. The number of benzene rings is 4. The molecule has 0 aromatic heterocycles. The molecule has 0 aliphatic heterocycles. The van der Waals surface area contributed by atoms with E-state index in [0.29, 0.717) is 39.5 Å². The van der Waals surface area contributed by atoms with Crippen LogP contribution in [0.25, 0.3) is 10.4 Å². The van der Waals surface area contributed by atoms with Gasteiger partial charge in [-0.3, -0.25) is 0 Å². The quantitative estimate of drug-likeness (QED) is 0.0908. The summed E-state index contributed by atoms with van der Waals surface area (Å²) in [7, 11) is 0. The molecule has 2 fully saturated rings. The summed E-state index contributed by atoms with van der Waals surface area (Å²) < 4.78 is 26.6. The third kappa shape index (κ3) is 7.85. The zero-order valence-corrected chi connectivity index (χ0v) is 25.8. The van der Waals surface area contributed by atoms with Gasteiger partial charge in [-0.15, -0.1) is 0 Å². The number of aliphatic hydroxyl groups excluding tert-OH is 1. The van der Waals surface area contributed by atoms with Gasteiger partial charge in [-0.05, 0) is 40.1 Å². The Kier molecular flexibility index (Phi) is 11.1. The molecule has 6 rings (SSSR count). The second-order valence-corrected chi connectivity index (χ2v) is 12.2. The van der Waals surface area contributed by atoms with Crippen molar-refractivity contribution in [3.05, 3.63) is 154 Å². The first-order chi connectivity index (χ1) is 22.7. The molecule has 0 saturated heterocycles. The van der Waals surface area contributed by atoms with Gasteiger partial charge < -0.3 is 24.1 Å². The Labute approximate surface area is 270 Å². The van der Waals surface area contributed by atoms with E-state index in [4.69, 9.17) is 18.9 Å². The lowest BCUT2D eigenvalue weighted by Crippen LogP contribution is -2.50. The highest BCUT2D eigenvalue weighted by Gasteiger charge is 2.61. The van der Waals surface area contributed by atoms with Gasteiger partial charge >= 0.3 is 0 Å². The fourth-order valence-electron chi connectivity index (χ4n) is 7.10. The Morgan fingerprint density at radius 3 is 1.46 bits per heavy atom. The molecule has 0 unspecified atom stereocenters. The summed E-state index contributed by atoms with van der Waals surface area (Å²) in [5.41, 5.74) is 13.7. The van der Waals surface area contributed by atoms with Crippen molar-refractivity contribution in [3.63, 3.8) is 0 Å². The van der Waals surface area contributed by atoms with Gasteiger partial charge in [0.2, 0.25) is 0 Å². The van der Waals surface area contributed by atoms with Crippen LogP contribution < -0.4 is 0 Å². The van der Waals surface area contributed by atoms with Crippen LogP contribution >= 0.6 is 0 Å². The number of nitrogens with zero attached hydrogens (tertiary/aromatic N) is 3. The minimum atomic E-state index is -0.930. The van der Waals surface area contributed by atoms with E-state index in [1.807, 2.05) is 121 Å². The van der Waals surface area contributed by atoms with Crippen LogP contribution in [0.15, 0.2) is 126 Å².